The van der Waals surface area contributed by atoms with Crippen LogP contribution in [-0.4, -0.2) is 26.8 Å². The van der Waals surface area contributed by atoms with Crippen LogP contribution in [0.5, 0.6) is 0 Å². The van der Waals surface area contributed by atoms with Crippen molar-refractivity contribution in [3.05, 3.63) is 47.8 Å². The Hall–Kier alpha value is -2.63. The number of nitrogens with zero attached hydrogens (tertiary/aromatic N) is 2. The molecule has 2 aromatic rings. The number of aliphatic carboxylic acids is 1. The van der Waals surface area contributed by atoms with E-state index in [1.165, 1.54) is 0 Å². The molecule has 6 nitrogen and oxygen atoms in total. The topological polar surface area (TPSA) is 84.2 Å². The zero-order valence-corrected chi connectivity index (χ0v) is 11.3. The normalized spacial score (nSPS) is 13.9. The number of aromatic nitrogens is 2. The zero-order valence-electron chi connectivity index (χ0n) is 11.3. The van der Waals surface area contributed by atoms with E-state index >= 15 is 0 Å². The maximum Gasteiger partial charge on any atom is 0.307 e. The van der Waals surface area contributed by atoms with Crippen LogP contribution >= 0.6 is 0 Å². The van der Waals surface area contributed by atoms with Crippen molar-refractivity contribution in [2.45, 2.75) is 25.3 Å². The number of benzene rings is 1. The summed E-state index contributed by atoms with van der Waals surface area (Å²) in [6.07, 6.45) is 5.45. The van der Waals surface area contributed by atoms with E-state index in [0.717, 1.165) is 12.8 Å². The number of carbonyl (C=O) groups excluding carboxylic acids is 1. The number of hydrogen-bond donors (Lipinski definition) is 2. The van der Waals surface area contributed by atoms with E-state index in [9.17, 15) is 9.59 Å². The molecule has 3 rings (SSSR count). The van der Waals surface area contributed by atoms with Gasteiger partial charge in [0.25, 0.3) is 5.91 Å². The predicted octanol–water partition coefficient (Wildman–Crippen LogP) is 2.10. The first-order valence-corrected chi connectivity index (χ1v) is 6.78. The largest absolute Gasteiger partial charge is 0.481 e. The van der Waals surface area contributed by atoms with Crippen LogP contribution in [0.2, 0.25) is 0 Å². The number of anilines is 1. The van der Waals surface area contributed by atoms with Crippen molar-refractivity contribution in [1.82, 2.24) is 9.78 Å². The first-order chi connectivity index (χ1) is 10.1. The van der Waals surface area contributed by atoms with E-state index in [0.29, 0.717) is 22.9 Å². The second kappa shape index (κ2) is 5.40. The van der Waals surface area contributed by atoms with Crippen LogP contribution in [0, 0.1) is 0 Å². The van der Waals surface area contributed by atoms with Crippen LogP contribution in [-0.2, 0) is 11.2 Å². The zero-order chi connectivity index (χ0) is 14.8. The lowest BCUT2D eigenvalue weighted by molar-refractivity contribution is -0.136. The van der Waals surface area contributed by atoms with Gasteiger partial charge in [-0.1, -0.05) is 12.1 Å². The fraction of sp³-hybridized carbons (Fsp3) is 0.267. The highest BCUT2D eigenvalue weighted by Crippen LogP contribution is 2.34. The van der Waals surface area contributed by atoms with E-state index in [4.69, 9.17) is 5.11 Å². The maximum atomic E-state index is 12.1. The highest BCUT2D eigenvalue weighted by molar-refractivity contribution is 6.04. The fourth-order valence-corrected chi connectivity index (χ4v) is 2.13. The molecule has 1 heterocycles. The quantitative estimate of drug-likeness (QED) is 0.881. The monoisotopic (exact) mass is 285 g/mol. The second-order valence-corrected chi connectivity index (χ2v) is 5.17. The highest BCUT2D eigenvalue weighted by atomic mass is 16.4. The standard InChI is InChI=1S/C15H15N3O3/c19-14(20)7-10-2-1-3-12(6-10)17-15(21)11-8-16-18(9-11)13-4-5-13/h1-3,6,8-9,13H,4-5,7H2,(H,17,21)(H,19,20). The van der Waals surface area contributed by atoms with Gasteiger partial charge in [0.2, 0.25) is 0 Å². The van der Waals surface area contributed by atoms with Crippen molar-refractivity contribution in [2.75, 3.05) is 5.32 Å². The molecule has 108 valence electrons. The number of rotatable bonds is 5. The van der Waals surface area contributed by atoms with Crippen molar-refractivity contribution < 1.29 is 14.7 Å². The number of carboxylic acids is 1. The summed E-state index contributed by atoms with van der Waals surface area (Å²) in [5, 5.41) is 15.7. The van der Waals surface area contributed by atoms with Crippen LogP contribution in [0.15, 0.2) is 36.7 Å². The highest BCUT2D eigenvalue weighted by Gasteiger charge is 2.25. The Morgan fingerprint density at radius 1 is 1.38 bits per heavy atom. The molecule has 1 amide bonds. The van der Waals surface area contributed by atoms with Gasteiger partial charge >= 0.3 is 5.97 Å². The number of nitrogens with one attached hydrogen (secondary N) is 1. The Bertz CT molecular complexity index is 689. The molecule has 2 N–H and O–H groups in total. The van der Waals surface area contributed by atoms with Crippen LogP contribution < -0.4 is 5.32 Å². The number of carbonyl (C=O) groups is 2. The minimum Gasteiger partial charge on any atom is -0.481 e. The number of hydrogen-bond acceptors (Lipinski definition) is 3. The third-order valence-electron chi connectivity index (χ3n) is 3.32. The number of amides is 1. The van der Waals surface area contributed by atoms with Crippen molar-refractivity contribution >= 4 is 17.6 Å². The molecule has 6 heteroatoms. The van der Waals surface area contributed by atoms with Gasteiger partial charge in [-0.2, -0.15) is 5.10 Å². The molecular formula is C15H15N3O3. The van der Waals surface area contributed by atoms with E-state index in [-0.39, 0.29) is 12.3 Å². The van der Waals surface area contributed by atoms with Gasteiger partial charge in [-0.3, -0.25) is 14.3 Å². The molecule has 1 aromatic heterocycles. The third-order valence-corrected chi connectivity index (χ3v) is 3.32. The van der Waals surface area contributed by atoms with Crippen molar-refractivity contribution in [2.24, 2.45) is 0 Å². The number of carboxylic acid groups (broad SMARTS) is 1. The molecule has 0 aliphatic heterocycles. The van der Waals surface area contributed by atoms with Crippen LogP contribution in [0.3, 0.4) is 0 Å². The Morgan fingerprint density at radius 3 is 2.90 bits per heavy atom. The molecule has 1 fully saturated rings. The van der Waals surface area contributed by atoms with Gasteiger partial charge in [-0.15, -0.1) is 0 Å². The molecule has 1 saturated carbocycles. The van der Waals surface area contributed by atoms with E-state index in [1.807, 2.05) is 4.68 Å². The van der Waals surface area contributed by atoms with Crippen LogP contribution in [0.1, 0.15) is 34.8 Å². The molecule has 0 atom stereocenters. The van der Waals surface area contributed by atoms with E-state index in [2.05, 4.69) is 10.4 Å². The summed E-state index contributed by atoms with van der Waals surface area (Å²) in [6, 6.07) is 7.27. The van der Waals surface area contributed by atoms with Gasteiger partial charge in [0, 0.05) is 11.9 Å². The molecule has 0 saturated heterocycles. The van der Waals surface area contributed by atoms with Gasteiger partial charge < -0.3 is 10.4 Å². The Labute approximate surface area is 121 Å². The molecular weight excluding hydrogens is 270 g/mol. The van der Waals surface area contributed by atoms with Gasteiger partial charge in [-0.05, 0) is 30.5 Å². The summed E-state index contributed by atoms with van der Waals surface area (Å²) in [6.45, 7) is 0. The summed E-state index contributed by atoms with van der Waals surface area (Å²) in [5.41, 5.74) is 1.73. The first kappa shape index (κ1) is 13.4. The minimum absolute atomic E-state index is 0.0661. The summed E-state index contributed by atoms with van der Waals surface area (Å²) < 4.78 is 1.82. The average Bonchev–Trinajstić information content (AvgIpc) is 3.16. The molecule has 1 aliphatic rings. The predicted molar refractivity (Wildman–Crippen MR) is 76.2 cm³/mol. The summed E-state index contributed by atoms with van der Waals surface area (Å²) in [4.78, 5) is 22.8. The van der Waals surface area contributed by atoms with Gasteiger partial charge in [0.15, 0.2) is 0 Å². The second-order valence-electron chi connectivity index (χ2n) is 5.17. The van der Waals surface area contributed by atoms with Crippen molar-refractivity contribution in [1.29, 1.82) is 0 Å². The van der Waals surface area contributed by atoms with E-state index in [1.54, 1.807) is 36.7 Å². The first-order valence-electron chi connectivity index (χ1n) is 6.78. The Kier molecular flexibility index (Phi) is 3.43. The van der Waals surface area contributed by atoms with Crippen LogP contribution in [0.25, 0.3) is 0 Å². The molecule has 0 radical (unpaired) electrons. The summed E-state index contributed by atoms with van der Waals surface area (Å²) in [7, 11) is 0. The van der Waals surface area contributed by atoms with Gasteiger partial charge in [-0.25, -0.2) is 0 Å². The van der Waals surface area contributed by atoms with Gasteiger partial charge in [0.05, 0.1) is 24.2 Å². The average molecular weight is 285 g/mol. The fourth-order valence-electron chi connectivity index (χ4n) is 2.13. The third kappa shape index (κ3) is 3.28. The van der Waals surface area contributed by atoms with Gasteiger partial charge in [0.1, 0.15) is 0 Å². The molecule has 0 spiro atoms. The maximum absolute atomic E-state index is 12.1. The minimum atomic E-state index is -0.899. The van der Waals surface area contributed by atoms with Crippen molar-refractivity contribution in [3.63, 3.8) is 0 Å². The van der Waals surface area contributed by atoms with E-state index < -0.39 is 5.97 Å². The van der Waals surface area contributed by atoms with Crippen LogP contribution in [0.4, 0.5) is 5.69 Å². The summed E-state index contributed by atoms with van der Waals surface area (Å²) in [5.74, 6) is -1.14. The molecule has 0 unspecified atom stereocenters. The Balaban J connectivity index is 1.69. The lowest BCUT2D eigenvalue weighted by Gasteiger charge is -2.05. The molecule has 1 aromatic carbocycles. The lowest BCUT2D eigenvalue weighted by Crippen LogP contribution is -2.11. The molecule has 1 aliphatic carbocycles. The molecule has 0 bridgehead atoms. The Morgan fingerprint density at radius 2 is 2.19 bits per heavy atom. The smallest absolute Gasteiger partial charge is 0.307 e. The SMILES string of the molecule is O=C(O)Cc1cccc(NC(=O)c2cnn(C3CC3)c2)c1. The van der Waals surface area contributed by atoms with Crippen molar-refractivity contribution in [3.8, 4) is 0 Å². The summed E-state index contributed by atoms with van der Waals surface area (Å²) >= 11 is 0. The molecule has 21 heavy (non-hydrogen) atoms. The lowest BCUT2D eigenvalue weighted by atomic mass is 10.1.